The highest BCUT2D eigenvalue weighted by atomic mass is 16.2. The van der Waals surface area contributed by atoms with Crippen LogP contribution in [0.1, 0.15) is 36.2 Å². The second-order valence-electron chi connectivity index (χ2n) is 5.92. The molecular weight excluding hydrogens is 238 g/mol. The van der Waals surface area contributed by atoms with E-state index in [9.17, 15) is 4.79 Å². The summed E-state index contributed by atoms with van der Waals surface area (Å²) in [7, 11) is 1.93. The SMILES string of the molecule is Cn1cccc1C(=O)N1CCC(NCC2CC2)CC1. The van der Waals surface area contributed by atoms with Gasteiger partial charge in [-0.1, -0.05) is 0 Å². The molecule has 19 heavy (non-hydrogen) atoms. The van der Waals surface area contributed by atoms with Crippen LogP contribution in [-0.2, 0) is 7.05 Å². The van der Waals surface area contributed by atoms with Crippen molar-refractivity contribution in [3.63, 3.8) is 0 Å². The number of hydrogen-bond donors (Lipinski definition) is 1. The fraction of sp³-hybridized carbons (Fsp3) is 0.667. The van der Waals surface area contributed by atoms with Crippen molar-refractivity contribution >= 4 is 5.91 Å². The molecule has 2 aliphatic rings. The Kier molecular flexibility index (Phi) is 3.60. The largest absolute Gasteiger partial charge is 0.347 e. The van der Waals surface area contributed by atoms with Crippen molar-refractivity contribution in [2.24, 2.45) is 13.0 Å². The molecule has 1 aromatic heterocycles. The smallest absolute Gasteiger partial charge is 0.270 e. The van der Waals surface area contributed by atoms with E-state index < -0.39 is 0 Å². The van der Waals surface area contributed by atoms with Crippen molar-refractivity contribution in [3.05, 3.63) is 24.0 Å². The molecule has 0 radical (unpaired) electrons. The van der Waals surface area contributed by atoms with E-state index >= 15 is 0 Å². The predicted octanol–water partition coefficient (Wildman–Crippen LogP) is 1.63. The zero-order valence-corrected chi connectivity index (χ0v) is 11.6. The molecule has 1 N–H and O–H groups in total. The van der Waals surface area contributed by atoms with E-state index in [1.54, 1.807) is 0 Å². The summed E-state index contributed by atoms with van der Waals surface area (Å²) >= 11 is 0. The molecule has 1 amide bonds. The van der Waals surface area contributed by atoms with Crippen LogP contribution >= 0.6 is 0 Å². The summed E-state index contributed by atoms with van der Waals surface area (Å²) in [5, 5.41) is 3.65. The Labute approximate surface area is 114 Å². The van der Waals surface area contributed by atoms with Gasteiger partial charge in [-0.2, -0.15) is 0 Å². The molecule has 0 bridgehead atoms. The van der Waals surface area contributed by atoms with Crippen molar-refractivity contribution in [3.8, 4) is 0 Å². The summed E-state index contributed by atoms with van der Waals surface area (Å²) in [6.07, 6.45) is 6.90. The van der Waals surface area contributed by atoms with Gasteiger partial charge in [0.1, 0.15) is 5.69 Å². The molecule has 4 nitrogen and oxygen atoms in total. The van der Waals surface area contributed by atoms with Gasteiger partial charge in [0, 0.05) is 32.4 Å². The predicted molar refractivity (Wildman–Crippen MR) is 75.1 cm³/mol. The Morgan fingerprint density at radius 2 is 2.05 bits per heavy atom. The number of hydrogen-bond acceptors (Lipinski definition) is 2. The number of carbonyl (C=O) groups is 1. The van der Waals surface area contributed by atoms with Crippen LogP contribution in [0.5, 0.6) is 0 Å². The van der Waals surface area contributed by atoms with Crippen LogP contribution in [0.4, 0.5) is 0 Å². The first-order valence-electron chi connectivity index (χ1n) is 7.38. The lowest BCUT2D eigenvalue weighted by Crippen LogP contribution is -2.45. The molecule has 2 fully saturated rings. The van der Waals surface area contributed by atoms with Crippen LogP contribution in [0.15, 0.2) is 18.3 Å². The van der Waals surface area contributed by atoms with Gasteiger partial charge in [-0.15, -0.1) is 0 Å². The van der Waals surface area contributed by atoms with Gasteiger partial charge in [0.15, 0.2) is 0 Å². The first kappa shape index (κ1) is 12.7. The van der Waals surface area contributed by atoms with Gasteiger partial charge in [-0.25, -0.2) is 0 Å². The molecule has 1 saturated heterocycles. The topological polar surface area (TPSA) is 37.3 Å². The van der Waals surface area contributed by atoms with Gasteiger partial charge in [0.25, 0.3) is 5.91 Å². The lowest BCUT2D eigenvalue weighted by Gasteiger charge is -2.32. The summed E-state index contributed by atoms with van der Waals surface area (Å²) in [6, 6.07) is 4.44. The monoisotopic (exact) mass is 261 g/mol. The Hall–Kier alpha value is -1.29. The number of aryl methyl sites for hydroxylation is 1. The minimum Gasteiger partial charge on any atom is -0.347 e. The number of amides is 1. The fourth-order valence-electron chi connectivity index (χ4n) is 2.79. The van der Waals surface area contributed by atoms with Crippen molar-refractivity contribution in [2.75, 3.05) is 19.6 Å². The Morgan fingerprint density at radius 1 is 1.32 bits per heavy atom. The van der Waals surface area contributed by atoms with Crippen LogP contribution in [0.3, 0.4) is 0 Å². The average Bonchev–Trinajstić information content (AvgIpc) is 3.17. The molecule has 0 spiro atoms. The lowest BCUT2D eigenvalue weighted by molar-refractivity contribution is 0.0695. The molecule has 0 unspecified atom stereocenters. The molecule has 1 aliphatic carbocycles. The number of nitrogens with zero attached hydrogens (tertiary/aromatic N) is 2. The second kappa shape index (κ2) is 5.37. The van der Waals surface area contributed by atoms with Gasteiger partial charge in [0.2, 0.25) is 0 Å². The average molecular weight is 261 g/mol. The van der Waals surface area contributed by atoms with E-state index in [2.05, 4.69) is 5.32 Å². The summed E-state index contributed by atoms with van der Waals surface area (Å²) in [5.41, 5.74) is 0.796. The first-order chi connectivity index (χ1) is 9.24. The van der Waals surface area contributed by atoms with Crippen LogP contribution in [0.25, 0.3) is 0 Å². The van der Waals surface area contributed by atoms with Crippen molar-refractivity contribution < 1.29 is 4.79 Å². The molecular formula is C15H23N3O. The summed E-state index contributed by atoms with van der Waals surface area (Å²) in [4.78, 5) is 14.3. The van der Waals surface area contributed by atoms with Crippen molar-refractivity contribution in [1.29, 1.82) is 0 Å². The number of piperidine rings is 1. The van der Waals surface area contributed by atoms with Gasteiger partial charge >= 0.3 is 0 Å². The van der Waals surface area contributed by atoms with Crippen LogP contribution in [0.2, 0.25) is 0 Å². The normalized spacial score (nSPS) is 20.8. The third-order valence-electron chi connectivity index (χ3n) is 4.34. The number of nitrogens with one attached hydrogen (secondary N) is 1. The Morgan fingerprint density at radius 3 is 2.63 bits per heavy atom. The molecule has 1 saturated carbocycles. The lowest BCUT2D eigenvalue weighted by atomic mass is 10.0. The van der Waals surface area contributed by atoms with Crippen LogP contribution in [-0.4, -0.2) is 41.1 Å². The summed E-state index contributed by atoms with van der Waals surface area (Å²) < 4.78 is 1.90. The van der Waals surface area contributed by atoms with E-state index in [-0.39, 0.29) is 5.91 Å². The summed E-state index contributed by atoms with van der Waals surface area (Å²) in [6.45, 7) is 2.94. The third kappa shape index (κ3) is 3.00. The molecule has 2 heterocycles. The van der Waals surface area contributed by atoms with E-state index in [1.165, 1.54) is 19.4 Å². The first-order valence-corrected chi connectivity index (χ1v) is 7.38. The molecule has 4 heteroatoms. The van der Waals surface area contributed by atoms with Crippen LogP contribution in [0, 0.1) is 5.92 Å². The maximum atomic E-state index is 12.3. The molecule has 104 valence electrons. The molecule has 0 aromatic carbocycles. The maximum absolute atomic E-state index is 12.3. The number of likely N-dealkylation sites (tertiary alicyclic amines) is 1. The minimum absolute atomic E-state index is 0.174. The zero-order valence-electron chi connectivity index (χ0n) is 11.6. The molecule has 3 rings (SSSR count). The minimum atomic E-state index is 0.174. The highest BCUT2D eigenvalue weighted by Gasteiger charge is 2.26. The van der Waals surface area contributed by atoms with Gasteiger partial charge < -0.3 is 14.8 Å². The van der Waals surface area contributed by atoms with Gasteiger partial charge in [0.05, 0.1) is 0 Å². The van der Waals surface area contributed by atoms with E-state index in [4.69, 9.17) is 0 Å². The molecule has 1 aromatic rings. The second-order valence-corrected chi connectivity index (χ2v) is 5.92. The molecule has 1 aliphatic heterocycles. The van der Waals surface area contributed by atoms with E-state index in [0.717, 1.165) is 37.5 Å². The van der Waals surface area contributed by atoms with E-state index in [0.29, 0.717) is 6.04 Å². The number of aromatic nitrogens is 1. The quantitative estimate of drug-likeness (QED) is 0.894. The Bertz CT molecular complexity index is 442. The maximum Gasteiger partial charge on any atom is 0.270 e. The Balaban J connectivity index is 1.49. The molecule has 0 atom stereocenters. The van der Waals surface area contributed by atoms with Crippen molar-refractivity contribution in [2.45, 2.75) is 31.7 Å². The standard InChI is InChI=1S/C15H23N3O/c1-17-8-2-3-14(17)15(19)18-9-6-13(7-10-18)16-11-12-4-5-12/h2-3,8,12-13,16H,4-7,9-11H2,1H3. The number of rotatable bonds is 4. The highest BCUT2D eigenvalue weighted by molar-refractivity contribution is 5.92. The van der Waals surface area contributed by atoms with Crippen LogP contribution < -0.4 is 5.32 Å². The van der Waals surface area contributed by atoms with E-state index in [1.807, 2.05) is 34.8 Å². The number of carbonyl (C=O) groups excluding carboxylic acids is 1. The zero-order chi connectivity index (χ0) is 13.2. The van der Waals surface area contributed by atoms with Gasteiger partial charge in [-0.3, -0.25) is 4.79 Å². The third-order valence-corrected chi connectivity index (χ3v) is 4.34. The summed E-state index contributed by atoms with van der Waals surface area (Å²) in [5.74, 6) is 1.11. The van der Waals surface area contributed by atoms with Gasteiger partial charge in [-0.05, 0) is 50.3 Å². The fourth-order valence-corrected chi connectivity index (χ4v) is 2.79. The highest BCUT2D eigenvalue weighted by Crippen LogP contribution is 2.28. The van der Waals surface area contributed by atoms with Crippen molar-refractivity contribution in [1.82, 2.24) is 14.8 Å².